The molecule has 1 aromatic heterocycles. The molecule has 0 radical (unpaired) electrons. The van der Waals surface area contributed by atoms with Crippen molar-refractivity contribution < 1.29 is 4.79 Å². The number of likely N-dealkylation sites (tertiary alicyclic amines) is 1. The third kappa shape index (κ3) is 3.63. The second kappa shape index (κ2) is 6.58. The molecule has 0 N–H and O–H groups in total. The van der Waals surface area contributed by atoms with Crippen molar-refractivity contribution >= 4 is 5.91 Å². The Hall–Kier alpha value is -1.39. The number of hydrogen-bond donors (Lipinski definition) is 0. The monoisotopic (exact) mass is 290 g/mol. The van der Waals surface area contributed by atoms with Crippen LogP contribution in [0.25, 0.3) is 0 Å². The number of nitrogens with zero attached hydrogens (tertiary/aromatic N) is 4. The summed E-state index contributed by atoms with van der Waals surface area (Å²) >= 11 is 0. The highest BCUT2D eigenvalue weighted by atomic mass is 16.2. The predicted molar refractivity (Wildman–Crippen MR) is 80.6 cm³/mol. The Kier molecular flexibility index (Phi) is 4.56. The molecule has 1 aliphatic carbocycles. The summed E-state index contributed by atoms with van der Waals surface area (Å²) in [6.45, 7) is 1.83. The Morgan fingerprint density at radius 2 is 2.05 bits per heavy atom. The highest BCUT2D eigenvalue weighted by Crippen LogP contribution is 2.28. The van der Waals surface area contributed by atoms with Crippen LogP contribution in [0, 0.1) is 11.8 Å². The molecular weight excluding hydrogens is 264 g/mol. The first-order valence-corrected chi connectivity index (χ1v) is 8.33. The van der Waals surface area contributed by atoms with E-state index in [0.29, 0.717) is 17.7 Å². The summed E-state index contributed by atoms with van der Waals surface area (Å²) in [5.41, 5.74) is 0. The van der Waals surface area contributed by atoms with Crippen LogP contribution in [0.4, 0.5) is 0 Å². The fourth-order valence-corrected chi connectivity index (χ4v) is 3.74. The van der Waals surface area contributed by atoms with E-state index in [9.17, 15) is 4.79 Å². The molecule has 116 valence electrons. The summed E-state index contributed by atoms with van der Waals surface area (Å²) in [6, 6.07) is 0. The van der Waals surface area contributed by atoms with Crippen molar-refractivity contribution in [1.82, 2.24) is 19.7 Å². The molecule has 2 aliphatic rings. The lowest BCUT2D eigenvalue weighted by molar-refractivity contribution is -0.131. The van der Waals surface area contributed by atoms with Gasteiger partial charge in [-0.3, -0.25) is 4.79 Å². The molecule has 1 amide bonds. The van der Waals surface area contributed by atoms with E-state index in [1.165, 1.54) is 32.1 Å². The fourth-order valence-electron chi connectivity index (χ4n) is 3.74. The molecule has 0 spiro atoms. The Balaban J connectivity index is 1.47. The lowest BCUT2D eigenvalue weighted by atomic mass is 9.87. The first kappa shape index (κ1) is 14.5. The standard InChI is InChI=1S/C16H26N4O/c1-19-12-17-18-15(19)9-14-7-8-20(11-14)16(21)10-13-5-3-2-4-6-13/h12-14H,2-11H2,1H3. The van der Waals surface area contributed by atoms with Gasteiger partial charge in [-0.15, -0.1) is 10.2 Å². The molecule has 1 saturated carbocycles. The second-order valence-electron chi connectivity index (χ2n) is 6.76. The van der Waals surface area contributed by atoms with Crippen molar-refractivity contribution in [2.45, 2.75) is 51.4 Å². The number of aromatic nitrogens is 3. The maximum atomic E-state index is 12.4. The maximum absolute atomic E-state index is 12.4. The molecule has 5 nitrogen and oxygen atoms in total. The average molecular weight is 290 g/mol. The summed E-state index contributed by atoms with van der Waals surface area (Å²) in [6.07, 6.45) is 11.0. The van der Waals surface area contributed by atoms with Crippen molar-refractivity contribution in [3.8, 4) is 0 Å². The van der Waals surface area contributed by atoms with Crippen LogP contribution in [0.15, 0.2) is 6.33 Å². The van der Waals surface area contributed by atoms with E-state index < -0.39 is 0 Å². The normalized spacial score (nSPS) is 23.7. The summed E-state index contributed by atoms with van der Waals surface area (Å²) in [7, 11) is 1.98. The summed E-state index contributed by atoms with van der Waals surface area (Å²) in [4.78, 5) is 14.5. The van der Waals surface area contributed by atoms with Gasteiger partial charge < -0.3 is 9.47 Å². The van der Waals surface area contributed by atoms with Gasteiger partial charge in [-0.1, -0.05) is 19.3 Å². The molecule has 1 aliphatic heterocycles. The zero-order valence-corrected chi connectivity index (χ0v) is 13.0. The Bertz CT molecular complexity index is 478. The molecule has 1 aromatic rings. The zero-order valence-electron chi connectivity index (χ0n) is 13.0. The number of carbonyl (C=O) groups excluding carboxylic acids is 1. The molecule has 0 bridgehead atoms. The number of rotatable bonds is 4. The van der Waals surface area contributed by atoms with E-state index >= 15 is 0 Å². The van der Waals surface area contributed by atoms with E-state index in [2.05, 4.69) is 15.1 Å². The molecule has 3 rings (SSSR count). The lowest BCUT2D eigenvalue weighted by Crippen LogP contribution is -2.31. The van der Waals surface area contributed by atoms with E-state index in [-0.39, 0.29) is 0 Å². The average Bonchev–Trinajstić information content (AvgIpc) is 3.11. The van der Waals surface area contributed by atoms with Gasteiger partial charge in [0.05, 0.1) is 0 Å². The predicted octanol–water partition coefficient (Wildman–Crippen LogP) is 2.18. The van der Waals surface area contributed by atoms with Gasteiger partial charge in [0.1, 0.15) is 12.2 Å². The van der Waals surface area contributed by atoms with Crippen molar-refractivity contribution in [1.29, 1.82) is 0 Å². The Labute approximate surface area is 126 Å². The van der Waals surface area contributed by atoms with E-state index in [4.69, 9.17) is 0 Å². The first-order chi connectivity index (χ1) is 10.2. The van der Waals surface area contributed by atoms with Gasteiger partial charge in [-0.05, 0) is 31.1 Å². The number of aryl methyl sites for hydroxylation is 1. The van der Waals surface area contributed by atoms with Crippen LogP contribution in [-0.4, -0.2) is 38.7 Å². The van der Waals surface area contributed by atoms with Crippen LogP contribution < -0.4 is 0 Å². The van der Waals surface area contributed by atoms with Gasteiger partial charge in [0, 0.05) is 33.0 Å². The van der Waals surface area contributed by atoms with Crippen LogP contribution in [0.1, 0.15) is 50.8 Å². The second-order valence-corrected chi connectivity index (χ2v) is 6.76. The van der Waals surface area contributed by atoms with Gasteiger partial charge >= 0.3 is 0 Å². The van der Waals surface area contributed by atoms with Crippen molar-refractivity contribution in [2.24, 2.45) is 18.9 Å². The van der Waals surface area contributed by atoms with Gasteiger partial charge in [-0.25, -0.2) is 0 Å². The third-order valence-electron chi connectivity index (χ3n) is 5.10. The molecule has 1 unspecified atom stereocenters. The SMILES string of the molecule is Cn1cnnc1CC1CCN(C(=O)CC2CCCCC2)C1. The smallest absolute Gasteiger partial charge is 0.222 e. The van der Waals surface area contributed by atoms with Crippen molar-refractivity contribution in [2.75, 3.05) is 13.1 Å². The minimum Gasteiger partial charge on any atom is -0.342 e. The Morgan fingerprint density at radius 3 is 2.76 bits per heavy atom. The Morgan fingerprint density at radius 1 is 1.24 bits per heavy atom. The molecule has 2 heterocycles. The van der Waals surface area contributed by atoms with Gasteiger partial charge in [0.15, 0.2) is 0 Å². The largest absolute Gasteiger partial charge is 0.342 e. The van der Waals surface area contributed by atoms with Gasteiger partial charge in [-0.2, -0.15) is 0 Å². The van der Waals surface area contributed by atoms with Crippen LogP contribution in [-0.2, 0) is 18.3 Å². The van der Waals surface area contributed by atoms with E-state index in [1.54, 1.807) is 6.33 Å². The molecule has 0 aromatic carbocycles. The quantitative estimate of drug-likeness (QED) is 0.854. The molecular formula is C16H26N4O. The van der Waals surface area contributed by atoms with Gasteiger partial charge in [0.25, 0.3) is 0 Å². The van der Waals surface area contributed by atoms with Gasteiger partial charge in [0.2, 0.25) is 5.91 Å². The minimum atomic E-state index is 0.377. The third-order valence-corrected chi connectivity index (χ3v) is 5.10. The van der Waals surface area contributed by atoms with Crippen LogP contribution in [0.5, 0.6) is 0 Å². The highest BCUT2D eigenvalue weighted by Gasteiger charge is 2.28. The first-order valence-electron chi connectivity index (χ1n) is 8.33. The van der Waals surface area contributed by atoms with E-state index in [0.717, 1.165) is 38.2 Å². The molecule has 1 atom stereocenters. The minimum absolute atomic E-state index is 0.377. The van der Waals surface area contributed by atoms with Crippen LogP contribution >= 0.6 is 0 Å². The molecule has 5 heteroatoms. The molecule has 1 saturated heterocycles. The molecule has 21 heavy (non-hydrogen) atoms. The lowest BCUT2D eigenvalue weighted by Gasteiger charge is -2.24. The van der Waals surface area contributed by atoms with Crippen molar-refractivity contribution in [3.63, 3.8) is 0 Å². The van der Waals surface area contributed by atoms with Crippen LogP contribution in [0.3, 0.4) is 0 Å². The number of amides is 1. The summed E-state index contributed by atoms with van der Waals surface area (Å²) in [5.74, 6) is 2.59. The number of carbonyl (C=O) groups is 1. The highest BCUT2D eigenvalue weighted by molar-refractivity contribution is 5.76. The zero-order chi connectivity index (χ0) is 14.7. The van der Waals surface area contributed by atoms with Crippen molar-refractivity contribution in [3.05, 3.63) is 12.2 Å². The molecule has 2 fully saturated rings. The van der Waals surface area contributed by atoms with E-state index in [1.807, 2.05) is 11.6 Å². The topological polar surface area (TPSA) is 51.0 Å². The van der Waals surface area contributed by atoms with Crippen LogP contribution in [0.2, 0.25) is 0 Å². The fraction of sp³-hybridized carbons (Fsp3) is 0.812. The summed E-state index contributed by atoms with van der Waals surface area (Å²) in [5, 5.41) is 8.08. The summed E-state index contributed by atoms with van der Waals surface area (Å²) < 4.78 is 1.98. The maximum Gasteiger partial charge on any atom is 0.222 e. The number of hydrogen-bond acceptors (Lipinski definition) is 3.